The smallest absolute Gasteiger partial charge is 0.269 e. The third-order valence-electron chi connectivity index (χ3n) is 9.02. The molecule has 1 fully saturated rings. The van der Waals surface area contributed by atoms with Crippen LogP contribution in [0.3, 0.4) is 0 Å². The number of carbonyl (C=O) groups excluding carboxylic acids is 1. The molecular weight excluding hydrogens is 624 g/mol. The number of nitro groups is 1. The number of carbonyl (C=O) groups is 1. The molecule has 0 N–H and O–H groups in total. The third kappa shape index (κ3) is 7.53. The number of rotatable bonds is 13. The zero-order valence-electron chi connectivity index (χ0n) is 27.1. The second-order valence-electron chi connectivity index (χ2n) is 12.2. The van der Waals surface area contributed by atoms with Gasteiger partial charge in [0.1, 0.15) is 24.2 Å². The SMILES string of the molecule is O=C(c1c(Cn2cc(COc3ccc([N+](=O)[O-])cc3)nn2)nn2c1CCC2)N1CCN(CCOC(c2ccccc2)c2ccccc2)CC1. The van der Waals surface area contributed by atoms with Crippen LogP contribution in [0.1, 0.15) is 51.1 Å². The van der Waals surface area contributed by atoms with Crippen LogP contribution in [-0.4, -0.2) is 84.7 Å². The van der Waals surface area contributed by atoms with Crippen molar-refractivity contribution >= 4 is 11.6 Å². The summed E-state index contributed by atoms with van der Waals surface area (Å²) < 4.78 is 15.8. The summed E-state index contributed by atoms with van der Waals surface area (Å²) in [4.78, 5) is 28.8. The Morgan fingerprint density at radius 2 is 1.59 bits per heavy atom. The van der Waals surface area contributed by atoms with Crippen LogP contribution in [0.4, 0.5) is 5.69 Å². The van der Waals surface area contributed by atoms with E-state index >= 15 is 0 Å². The molecule has 5 aromatic rings. The molecule has 49 heavy (non-hydrogen) atoms. The van der Waals surface area contributed by atoms with Gasteiger partial charge in [-0.05, 0) is 36.1 Å². The van der Waals surface area contributed by atoms with Crippen LogP contribution < -0.4 is 4.74 Å². The Hall–Kier alpha value is -5.40. The molecule has 2 aliphatic rings. The number of fused-ring (bicyclic) bond motifs is 1. The van der Waals surface area contributed by atoms with E-state index in [1.54, 1.807) is 23.0 Å². The van der Waals surface area contributed by atoms with Gasteiger partial charge in [-0.15, -0.1) is 5.10 Å². The third-order valence-corrected chi connectivity index (χ3v) is 9.02. The van der Waals surface area contributed by atoms with E-state index in [1.165, 1.54) is 12.1 Å². The van der Waals surface area contributed by atoms with Crippen LogP contribution in [0.25, 0.3) is 0 Å². The summed E-state index contributed by atoms with van der Waals surface area (Å²) in [6.45, 7) is 5.45. The molecular formula is C36H38N8O5. The lowest BCUT2D eigenvalue weighted by Gasteiger charge is -2.35. The molecule has 4 heterocycles. The van der Waals surface area contributed by atoms with Gasteiger partial charge in [-0.25, -0.2) is 4.68 Å². The highest BCUT2D eigenvalue weighted by Gasteiger charge is 2.31. The molecule has 13 heteroatoms. The van der Waals surface area contributed by atoms with E-state index in [0.717, 1.165) is 55.8 Å². The molecule has 0 saturated carbocycles. The van der Waals surface area contributed by atoms with Crippen molar-refractivity contribution < 1.29 is 19.2 Å². The van der Waals surface area contributed by atoms with Crippen molar-refractivity contribution in [3.05, 3.63) is 135 Å². The van der Waals surface area contributed by atoms with Gasteiger partial charge in [0.2, 0.25) is 0 Å². The molecule has 3 aromatic carbocycles. The average Bonchev–Trinajstić information content (AvgIpc) is 3.87. The maximum Gasteiger partial charge on any atom is 0.269 e. The fraction of sp³-hybridized carbons (Fsp3) is 0.333. The van der Waals surface area contributed by atoms with Gasteiger partial charge in [-0.3, -0.25) is 24.5 Å². The fourth-order valence-electron chi connectivity index (χ4n) is 6.47. The first-order valence-electron chi connectivity index (χ1n) is 16.6. The van der Waals surface area contributed by atoms with Crippen molar-refractivity contribution in [2.75, 3.05) is 39.3 Å². The molecule has 7 rings (SSSR count). The zero-order chi connectivity index (χ0) is 33.6. The summed E-state index contributed by atoms with van der Waals surface area (Å²) >= 11 is 0. The van der Waals surface area contributed by atoms with Crippen LogP contribution in [0.5, 0.6) is 5.75 Å². The number of benzene rings is 3. The normalized spacial score (nSPS) is 14.7. The standard InChI is InChI=1S/C36H38N8O5/c45-36(41-20-18-40(19-21-41)22-23-48-35(27-8-3-1-4-9-27)28-10-5-2-6-11-28)34-32(38-43-17-7-12-33(34)43)25-42-24-29(37-39-42)26-49-31-15-13-30(14-16-31)44(46)47/h1-6,8-11,13-16,24,35H,7,12,17-23,25-26H2. The number of nitro benzene ring substituents is 1. The maximum atomic E-state index is 14.0. The van der Waals surface area contributed by atoms with Gasteiger partial charge in [0.05, 0.1) is 41.2 Å². The lowest BCUT2D eigenvalue weighted by atomic mass is 10.0. The van der Waals surface area contributed by atoms with Gasteiger partial charge < -0.3 is 14.4 Å². The molecule has 2 aromatic heterocycles. The predicted molar refractivity (Wildman–Crippen MR) is 180 cm³/mol. The van der Waals surface area contributed by atoms with E-state index in [0.29, 0.717) is 48.9 Å². The number of amides is 1. The maximum absolute atomic E-state index is 14.0. The van der Waals surface area contributed by atoms with Crippen LogP contribution in [-0.2, 0) is 30.9 Å². The molecule has 0 spiro atoms. The quantitative estimate of drug-likeness (QED) is 0.132. The number of hydrogen-bond donors (Lipinski definition) is 0. The van der Waals surface area contributed by atoms with Crippen molar-refractivity contribution in [3.63, 3.8) is 0 Å². The number of non-ortho nitro benzene ring substituents is 1. The Morgan fingerprint density at radius 3 is 2.27 bits per heavy atom. The lowest BCUT2D eigenvalue weighted by molar-refractivity contribution is -0.384. The summed E-state index contributed by atoms with van der Waals surface area (Å²) in [5.74, 6) is 0.513. The molecule has 0 atom stereocenters. The number of hydrogen-bond acceptors (Lipinski definition) is 9. The van der Waals surface area contributed by atoms with E-state index < -0.39 is 4.92 Å². The Kier molecular flexibility index (Phi) is 9.71. The molecule has 0 radical (unpaired) electrons. The molecule has 1 amide bonds. The number of ether oxygens (including phenoxy) is 2. The first-order valence-corrected chi connectivity index (χ1v) is 16.6. The number of piperazine rings is 1. The van der Waals surface area contributed by atoms with E-state index in [4.69, 9.17) is 14.6 Å². The van der Waals surface area contributed by atoms with Gasteiger partial charge in [0.25, 0.3) is 11.6 Å². The van der Waals surface area contributed by atoms with E-state index in [2.05, 4.69) is 39.5 Å². The van der Waals surface area contributed by atoms with Crippen LogP contribution in [0.2, 0.25) is 0 Å². The van der Waals surface area contributed by atoms with Gasteiger partial charge in [0.15, 0.2) is 0 Å². The van der Waals surface area contributed by atoms with Crippen LogP contribution in [0.15, 0.2) is 91.1 Å². The Bertz CT molecular complexity index is 1830. The fourth-order valence-corrected chi connectivity index (χ4v) is 6.47. The molecule has 2 aliphatic heterocycles. The van der Waals surface area contributed by atoms with Crippen molar-refractivity contribution in [1.29, 1.82) is 0 Å². The molecule has 0 unspecified atom stereocenters. The first-order chi connectivity index (χ1) is 24.0. The van der Waals surface area contributed by atoms with Crippen molar-refractivity contribution in [2.45, 2.75) is 38.6 Å². The highest BCUT2D eigenvalue weighted by atomic mass is 16.6. The van der Waals surface area contributed by atoms with Gasteiger partial charge in [-0.1, -0.05) is 65.9 Å². The molecule has 0 bridgehead atoms. The van der Waals surface area contributed by atoms with Gasteiger partial charge in [-0.2, -0.15) is 5.10 Å². The molecule has 0 aliphatic carbocycles. The topological polar surface area (TPSA) is 134 Å². The van der Waals surface area contributed by atoms with Gasteiger partial charge >= 0.3 is 0 Å². The minimum Gasteiger partial charge on any atom is -0.487 e. The monoisotopic (exact) mass is 662 g/mol. The zero-order valence-corrected chi connectivity index (χ0v) is 27.1. The van der Waals surface area contributed by atoms with E-state index in [1.807, 2.05) is 46.0 Å². The minimum atomic E-state index is -0.453. The number of nitrogens with zero attached hydrogens (tertiary/aromatic N) is 8. The first kappa shape index (κ1) is 32.2. The van der Waals surface area contributed by atoms with Crippen molar-refractivity contribution in [3.8, 4) is 5.75 Å². The summed E-state index contributed by atoms with van der Waals surface area (Å²) in [5, 5.41) is 24.2. The average molecular weight is 663 g/mol. The largest absolute Gasteiger partial charge is 0.487 e. The Morgan fingerprint density at radius 1 is 0.898 bits per heavy atom. The Balaban J connectivity index is 0.942. The van der Waals surface area contributed by atoms with E-state index in [-0.39, 0.29) is 24.3 Å². The summed E-state index contributed by atoms with van der Waals surface area (Å²) in [5.41, 5.74) is 5.22. The van der Waals surface area contributed by atoms with E-state index in [9.17, 15) is 14.9 Å². The Labute approximate surface area is 283 Å². The highest BCUT2D eigenvalue weighted by molar-refractivity contribution is 5.96. The van der Waals surface area contributed by atoms with Crippen molar-refractivity contribution in [1.82, 2.24) is 34.6 Å². The van der Waals surface area contributed by atoms with Crippen LogP contribution in [0, 0.1) is 10.1 Å². The number of aromatic nitrogens is 5. The van der Waals surface area contributed by atoms with Crippen molar-refractivity contribution in [2.24, 2.45) is 0 Å². The van der Waals surface area contributed by atoms with Gasteiger partial charge in [0, 0.05) is 51.4 Å². The van der Waals surface area contributed by atoms with Crippen LogP contribution >= 0.6 is 0 Å². The minimum absolute atomic E-state index is 0.00107. The lowest BCUT2D eigenvalue weighted by Crippen LogP contribution is -2.49. The number of aryl methyl sites for hydroxylation is 1. The molecule has 1 saturated heterocycles. The highest BCUT2D eigenvalue weighted by Crippen LogP contribution is 2.27. The summed E-state index contributed by atoms with van der Waals surface area (Å²) in [6.07, 6.45) is 3.43. The summed E-state index contributed by atoms with van der Waals surface area (Å²) in [7, 11) is 0. The predicted octanol–water partition coefficient (Wildman–Crippen LogP) is 4.52. The summed E-state index contributed by atoms with van der Waals surface area (Å²) in [6, 6.07) is 26.5. The molecule has 252 valence electrons. The second-order valence-corrected chi connectivity index (χ2v) is 12.2. The second kappa shape index (κ2) is 14.8. The molecule has 13 nitrogen and oxygen atoms in total.